The summed E-state index contributed by atoms with van der Waals surface area (Å²) in [6.07, 6.45) is 10.1. The number of pyridine rings is 1. The van der Waals surface area contributed by atoms with Gasteiger partial charge >= 0.3 is 12.6 Å². The van der Waals surface area contributed by atoms with Crippen LogP contribution >= 0.6 is 0 Å². The number of rotatable bonds is 5. The van der Waals surface area contributed by atoms with Crippen molar-refractivity contribution in [1.29, 1.82) is 0 Å². The van der Waals surface area contributed by atoms with Crippen LogP contribution in [0, 0.1) is 5.41 Å². The van der Waals surface area contributed by atoms with Crippen LogP contribution in [0.2, 0.25) is 0 Å². The summed E-state index contributed by atoms with van der Waals surface area (Å²) in [7, 11) is 0. The molecule has 3 aliphatic rings. The Morgan fingerprint density at radius 3 is 2.52 bits per heavy atom. The fraction of sp³-hybridized carbons (Fsp3) is 0.667. The SMILES string of the molecule is O=C(NC1CC2(CCC2)C1)NC1(c2ccnc(OC(F)F)c2)CCC1. The van der Waals surface area contributed by atoms with Crippen LogP contribution < -0.4 is 15.4 Å². The van der Waals surface area contributed by atoms with Gasteiger partial charge in [0.2, 0.25) is 5.88 Å². The Balaban J connectivity index is 1.38. The number of carbonyl (C=O) groups excluding carboxylic acids is 1. The third-order valence-corrected chi connectivity index (χ3v) is 6.17. The number of ether oxygens (including phenoxy) is 1. The quantitative estimate of drug-likeness (QED) is 0.850. The summed E-state index contributed by atoms with van der Waals surface area (Å²) >= 11 is 0. The second-order valence-electron chi connectivity index (χ2n) is 7.75. The van der Waals surface area contributed by atoms with Crippen molar-refractivity contribution in [3.05, 3.63) is 23.9 Å². The molecule has 136 valence electrons. The van der Waals surface area contributed by atoms with Crippen molar-refractivity contribution in [2.45, 2.75) is 69.6 Å². The third-order valence-electron chi connectivity index (χ3n) is 6.17. The molecule has 1 aromatic rings. The van der Waals surface area contributed by atoms with Gasteiger partial charge in [-0.05, 0) is 62.0 Å². The summed E-state index contributed by atoms with van der Waals surface area (Å²) in [5, 5.41) is 6.13. The molecule has 25 heavy (non-hydrogen) atoms. The van der Waals surface area contributed by atoms with Crippen molar-refractivity contribution in [3.63, 3.8) is 0 Å². The van der Waals surface area contributed by atoms with E-state index in [1.165, 1.54) is 31.5 Å². The number of nitrogens with zero attached hydrogens (tertiary/aromatic N) is 1. The Bertz CT molecular complexity index is 651. The first-order valence-corrected chi connectivity index (χ1v) is 8.99. The van der Waals surface area contributed by atoms with E-state index in [9.17, 15) is 13.6 Å². The smallest absolute Gasteiger partial charge is 0.388 e. The molecule has 0 unspecified atom stereocenters. The number of hydrogen-bond acceptors (Lipinski definition) is 3. The maximum absolute atomic E-state index is 12.4. The zero-order valence-electron chi connectivity index (χ0n) is 14.1. The molecule has 2 amide bonds. The minimum atomic E-state index is -2.91. The van der Waals surface area contributed by atoms with Gasteiger partial charge in [0.15, 0.2) is 0 Å². The number of aromatic nitrogens is 1. The van der Waals surface area contributed by atoms with E-state index in [2.05, 4.69) is 20.4 Å². The Kier molecular flexibility index (Phi) is 4.04. The zero-order chi connectivity index (χ0) is 17.5. The largest absolute Gasteiger partial charge is 0.417 e. The minimum absolute atomic E-state index is 0.119. The number of hydrogen-bond donors (Lipinski definition) is 2. The Hall–Kier alpha value is -1.92. The highest BCUT2D eigenvalue weighted by molar-refractivity contribution is 5.76. The van der Waals surface area contributed by atoms with Crippen LogP contribution in [0.1, 0.15) is 56.9 Å². The van der Waals surface area contributed by atoms with Gasteiger partial charge in [-0.2, -0.15) is 8.78 Å². The van der Waals surface area contributed by atoms with E-state index in [1.54, 1.807) is 6.07 Å². The van der Waals surface area contributed by atoms with Gasteiger partial charge in [0.05, 0.1) is 5.54 Å². The molecule has 7 heteroatoms. The molecule has 4 rings (SSSR count). The van der Waals surface area contributed by atoms with Crippen molar-refractivity contribution in [2.24, 2.45) is 5.41 Å². The number of alkyl halides is 2. The maximum atomic E-state index is 12.4. The highest BCUT2D eigenvalue weighted by Crippen LogP contribution is 2.55. The summed E-state index contributed by atoms with van der Waals surface area (Å²) in [5.74, 6) is -0.119. The molecule has 0 saturated heterocycles. The van der Waals surface area contributed by atoms with Crippen LogP contribution in [0.3, 0.4) is 0 Å². The molecular weight excluding hydrogens is 328 g/mol. The van der Waals surface area contributed by atoms with Crippen molar-refractivity contribution < 1.29 is 18.3 Å². The fourth-order valence-electron chi connectivity index (χ4n) is 4.49. The van der Waals surface area contributed by atoms with Crippen LogP contribution in [0.4, 0.5) is 13.6 Å². The first kappa shape index (κ1) is 16.5. The lowest BCUT2D eigenvalue weighted by Crippen LogP contribution is -2.59. The van der Waals surface area contributed by atoms with Gasteiger partial charge in [0.1, 0.15) is 0 Å². The van der Waals surface area contributed by atoms with E-state index in [1.807, 2.05) is 0 Å². The van der Waals surface area contributed by atoms with Gasteiger partial charge in [-0.25, -0.2) is 9.78 Å². The van der Waals surface area contributed by atoms with E-state index in [4.69, 9.17) is 0 Å². The molecule has 3 fully saturated rings. The molecule has 0 aromatic carbocycles. The average Bonchev–Trinajstić information content (AvgIpc) is 2.44. The van der Waals surface area contributed by atoms with Gasteiger partial charge in [0.25, 0.3) is 0 Å². The summed E-state index contributed by atoms with van der Waals surface area (Å²) in [4.78, 5) is 16.2. The predicted octanol–water partition coefficient (Wildman–Crippen LogP) is 3.69. The highest BCUT2D eigenvalue weighted by atomic mass is 19.3. The molecule has 1 spiro atoms. The van der Waals surface area contributed by atoms with Crippen molar-refractivity contribution in [2.75, 3.05) is 0 Å². The second kappa shape index (κ2) is 6.11. The molecule has 3 aliphatic carbocycles. The van der Waals surface area contributed by atoms with Crippen LogP contribution in [0.25, 0.3) is 0 Å². The molecule has 3 saturated carbocycles. The van der Waals surface area contributed by atoms with E-state index >= 15 is 0 Å². The average molecular weight is 351 g/mol. The van der Waals surface area contributed by atoms with Crippen molar-refractivity contribution >= 4 is 6.03 Å². The van der Waals surface area contributed by atoms with Crippen LogP contribution in [0.5, 0.6) is 5.88 Å². The lowest BCUT2D eigenvalue weighted by molar-refractivity contribution is -0.0530. The Labute approximate surface area is 145 Å². The summed E-state index contributed by atoms with van der Waals surface area (Å²) in [6.45, 7) is -2.91. The van der Waals surface area contributed by atoms with Crippen LogP contribution in [0.15, 0.2) is 18.3 Å². The van der Waals surface area contributed by atoms with Gasteiger partial charge in [-0.1, -0.05) is 6.42 Å². The third kappa shape index (κ3) is 3.16. The van der Waals surface area contributed by atoms with E-state index < -0.39 is 12.2 Å². The van der Waals surface area contributed by atoms with Crippen molar-refractivity contribution in [3.8, 4) is 5.88 Å². The fourth-order valence-corrected chi connectivity index (χ4v) is 4.49. The molecule has 5 nitrogen and oxygen atoms in total. The molecule has 0 atom stereocenters. The van der Waals surface area contributed by atoms with E-state index in [0.717, 1.165) is 37.7 Å². The molecular formula is C18H23F2N3O2. The Morgan fingerprint density at radius 2 is 1.96 bits per heavy atom. The summed E-state index contributed by atoms with van der Waals surface area (Å²) in [6, 6.07) is 3.34. The number of carbonyl (C=O) groups is 1. The van der Waals surface area contributed by atoms with Gasteiger partial charge in [0, 0.05) is 18.3 Å². The standard InChI is InChI=1S/C18H23F2N3O2/c19-15(20)25-14-9-12(3-8-21-14)18(6-2-7-18)23-16(24)22-13-10-17(11-13)4-1-5-17/h3,8-9,13,15H,1-2,4-7,10-11H2,(H2,22,23,24). The minimum Gasteiger partial charge on any atom is -0.417 e. The molecule has 0 radical (unpaired) electrons. The molecule has 1 aromatic heterocycles. The number of amides is 2. The van der Waals surface area contributed by atoms with E-state index in [0.29, 0.717) is 5.41 Å². The van der Waals surface area contributed by atoms with Gasteiger partial charge in [-0.15, -0.1) is 0 Å². The lowest BCUT2D eigenvalue weighted by atomic mass is 9.54. The lowest BCUT2D eigenvalue weighted by Gasteiger charge is -2.54. The number of urea groups is 1. The molecule has 0 bridgehead atoms. The number of nitrogens with one attached hydrogen (secondary N) is 2. The molecule has 0 aliphatic heterocycles. The normalized spacial score (nSPS) is 23.3. The zero-order valence-corrected chi connectivity index (χ0v) is 14.1. The molecule has 2 N–H and O–H groups in total. The van der Waals surface area contributed by atoms with Crippen molar-refractivity contribution in [1.82, 2.24) is 15.6 Å². The highest BCUT2D eigenvalue weighted by Gasteiger charge is 2.49. The maximum Gasteiger partial charge on any atom is 0.388 e. The van der Waals surface area contributed by atoms with E-state index in [-0.39, 0.29) is 18.0 Å². The first-order chi connectivity index (χ1) is 12.0. The summed E-state index contributed by atoms with van der Waals surface area (Å²) in [5.41, 5.74) is 0.771. The number of halogens is 2. The van der Waals surface area contributed by atoms with Gasteiger partial charge in [-0.3, -0.25) is 0 Å². The second-order valence-corrected chi connectivity index (χ2v) is 7.75. The first-order valence-electron chi connectivity index (χ1n) is 8.99. The predicted molar refractivity (Wildman–Crippen MR) is 87.4 cm³/mol. The summed E-state index contributed by atoms with van der Waals surface area (Å²) < 4.78 is 29.2. The molecule has 1 heterocycles. The topological polar surface area (TPSA) is 63.2 Å². The van der Waals surface area contributed by atoms with Crippen LogP contribution in [-0.2, 0) is 5.54 Å². The Morgan fingerprint density at radius 1 is 1.24 bits per heavy atom. The van der Waals surface area contributed by atoms with Gasteiger partial charge < -0.3 is 15.4 Å². The van der Waals surface area contributed by atoms with Crippen LogP contribution in [-0.4, -0.2) is 23.7 Å². The monoisotopic (exact) mass is 351 g/mol.